The molecule has 1 aromatic carbocycles. The Kier molecular flexibility index (Phi) is 6.16. The van der Waals surface area contributed by atoms with Crippen molar-refractivity contribution in [1.82, 2.24) is 0 Å². The van der Waals surface area contributed by atoms with E-state index >= 15 is 0 Å². The van der Waals surface area contributed by atoms with Crippen LogP contribution in [0, 0.1) is 0 Å². The van der Waals surface area contributed by atoms with Crippen molar-refractivity contribution in [3.05, 3.63) is 41.0 Å². The molecule has 0 saturated heterocycles. The molecule has 0 amide bonds. The second-order valence-corrected chi connectivity index (χ2v) is 4.01. The average Bonchev–Trinajstić information content (AvgIpc) is 2.43. The van der Waals surface area contributed by atoms with Crippen LogP contribution >= 0.6 is 0 Å². The second kappa shape index (κ2) is 7.89. The van der Waals surface area contributed by atoms with Crippen LogP contribution in [0.1, 0.15) is 34.8 Å². The Hall–Kier alpha value is -2.43. The van der Waals surface area contributed by atoms with Gasteiger partial charge in [-0.1, -0.05) is 6.07 Å². The van der Waals surface area contributed by atoms with Crippen LogP contribution in [0.25, 0.3) is 6.08 Å². The fourth-order valence-corrected chi connectivity index (χ4v) is 1.69. The van der Waals surface area contributed by atoms with E-state index in [0.29, 0.717) is 24.0 Å². The van der Waals surface area contributed by atoms with Gasteiger partial charge in [-0.15, -0.1) is 0 Å². The predicted octanol–water partition coefficient (Wildman–Crippen LogP) is 2.09. The van der Waals surface area contributed by atoms with Gasteiger partial charge in [-0.05, 0) is 42.7 Å². The molecule has 5 nitrogen and oxygen atoms in total. The molecule has 0 bridgehead atoms. The van der Waals surface area contributed by atoms with E-state index in [9.17, 15) is 14.4 Å². The number of ether oxygens (including phenoxy) is 1. The van der Waals surface area contributed by atoms with Crippen molar-refractivity contribution in [2.45, 2.75) is 19.8 Å². The van der Waals surface area contributed by atoms with Gasteiger partial charge in [-0.25, -0.2) is 9.59 Å². The summed E-state index contributed by atoms with van der Waals surface area (Å²) in [6, 6.07) is 4.88. The first-order chi connectivity index (χ1) is 9.58. The van der Waals surface area contributed by atoms with Crippen molar-refractivity contribution in [1.29, 1.82) is 0 Å². The first-order valence-electron chi connectivity index (χ1n) is 6.23. The van der Waals surface area contributed by atoms with Crippen LogP contribution in [0.4, 0.5) is 0 Å². The van der Waals surface area contributed by atoms with Crippen molar-refractivity contribution >= 4 is 24.3 Å². The van der Waals surface area contributed by atoms with Gasteiger partial charge in [-0.2, -0.15) is 0 Å². The minimum absolute atomic E-state index is 0.270. The van der Waals surface area contributed by atoms with E-state index in [1.165, 1.54) is 6.08 Å². The van der Waals surface area contributed by atoms with E-state index in [-0.39, 0.29) is 6.61 Å². The Morgan fingerprint density at radius 1 is 1.35 bits per heavy atom. The highest BCUT2D eigenvalue weighted by atomic mass is 16.5. The summed E-state index contributed by atoms with van der Waals surface area (Å²) >= 11 is 0. The molecule has 1 aromatic rings. The van der Waals surface area contributed by atoms with E-state index in [1.807, 2.05) is 0 Å². The summed E-state index contributed by atoms with van der Waals surface area (Å²) in [5.41, 5.74) is 1.76. The molecule has 0 heterocycles. The number of carbonyl (C=O) groups is 3. The number of carboxylic acids is 1. The highest BCUT2D eigenvalue weighted by Gasteiger charge is 2.09. The van der Waals surface area contributed by atoms with Crippen molar-refractivity contribution in [2.24, 2.45) is 0 Å². The number of hydrogen-bond acceptors (Lipinski definition) is 4. The number of benzene rings is 1. The van der Waals surface area contributed by atoms with E-state index in [1.54, 1.807) is 25.1 Å². The third-order valence-corrected chi connectivity index (χ3v) is 2.59. The lowest BCUT2D eigenvalue weighted by molar-refractivity contribution is -0.131. The summed E-state index contributed by atoms with van der Waals surface area (Å²) in [6.45, 7) is 1.98. The smallest absolute Gasteiger partial charge is 0.338 e. The third kappa shape index (κ3) is 4.68. The van der Waals surface area contributed by atoms with Crippen LogP contribution in [-0.2, 0) is 20.7 Å². The molecule has 0 spiro atoms. The van der Waals surface area contributed by atoms with Crippen molar-refractivity contribution in [2.75, 3.05) is 6.61 Å². The topological polar surface area (TPSA) is 80.7 Å². The molecule has 0 fully saturated rings. The Morgan fingerprint density at radius 3 is 2.70 bits per heavy atom. The molecule has 1 rings (SSSR count). The van der Waals surface area contributed by atoms with E-state index < -0.39 is 11.9 Å². The standard InChI is InChI=1S/C15H16O5/c1-2-20-15(19)13-6-5-11(4-3-9-16)12(10-13)7-8-14(17)18/h5-10H,2-4H2,1H3,(H,17,18)/b8-7+. The Bertz CT molecular complexity index is 531. The van der Waals surface area contributed by atoms with Crippen molar-refractivity contribution in [3.63, 3.8) is 0 Å². The van der Waals surface area contributed by atoms with Gasteiger partial charge in [0.15, 0.2) is 0 Å². The lowest BCUT2D eigenvalue weighted by atomic mass is 10.00. The Morgan fingerprint density at radius 2 is 2.10 bits per heavy atom. The zero-order valence-electron chi connectivity index (χ0n) is 11.2. The zero-order chi connectivity index (χ0) is 15.0. The molecule has 1 N–H and O–H groups in total. The summed E-state index contributed by atoms with van der Waals surface area (Å²) in [4.78, 5) is 32.7. The van der Waals surface area contributed by atoms with E-state index in [4.69, 9.17) is 9.84 Å². The van der Waals surface area contributed by atoms with Crippen LogP contribution in [0.3, 0.4) is 0 Å². The molecule has 0 radical (unpaired) electrons. The van der Waals surface area contributed by atoms with Gasteiger partial charge >= 0.3 is 11.9 Å². The molecular weight excluding hydrogens is 260 g/mol. The molecule has 5 heteroatoms. The molecular formula is C15H16O5. The van der Waals surface area contributed by atoms with Crippen molar-refractivity contribution < 1.29 is 24.2 Å². The van der Waals surface area contributed by atoms with Crippen molar-refractivity contribution in [3.8, 4) is 0 Å². The highest BCUT2D eigenvalue weighted by molar-refractivity contribution is 5.91. The molecule has 106 valence electrons. The lowest BCUT2D eigenvalue weighted by Gasteiger charge is -2.07. The maximum Gasteiger partial charge on any atom is 0.338 e. The quantitative estimate of drug-likeness (QED) is 0.468. The van der Waals surface area contributed by atoms with Gasteiger partial charge in [0.2, 0.25) is 0 Å². The number of hydrogen-bond donors (Lipinski definition) is 1. The molecule has 0 unspecified atom stereocenters. The van der Waals surface area contributed by atoms with Crippen LogP contribution in [0.2, 0.25) is 0 Å². The maximum atomic E-state index is 11.6. The number of aryl methyl sites for hydroxylation is 1. The first kappa shape index (κ1) is 15.6. The fraction of sp³-hybridized carbons (Fsp3) is 0.267. The second-order valence-electron chi connectivity index (χ2n) is 4.01. The molecule has 0 aromatic heterocycles. The normalized spacial score (nSPS) is 10.4. The molecule has 0 aliphatic rings. The monoisotopic (exact) mass is 276 g/mol. The van der Waals surface area contributed by atoms with E-state index in [2.05, 4.69) is 0 Å². The van der Waals surface area contributed by atoms with E-state index in [0.717, 1.165) is 17.9 Å². The number of aliphatic carboxylic acids is 1. The summed E-state index contributed by atoms with van der Waals surface area (Å²) in [5, 5.41) is 8.67. The summed E-state index contributed by atoms with van der Waals surface area (Å²) in [6.07, 6.45) is 4.03. The minimum Gasteiger partial charge on any atom is -0.478 e. The van der Waals surface area contributed by atoms with Gasteiger partial charge in [0, 0.05) is 12.5 Å². The van der Waals surface area contributed by atoms with Crippen LogP contribution < -0.4 is 0 Å². The third-order valence-electron chi connectivity index (χ3n) is 2.59. The van der Waals surface area contributed by atoms with Gasteiger partial charge < -0.3 is 14.6 Å². The summed E-state index contributed by atoms with van der Waals surface area (Å²) in [5.74, 6) is -1.53. The number of esters is 1. The fourth-order valence-electron chi connectivity index (χ4n) is 1.69. The highest BCUT2D eigenvalue weighted by Crippen LogP contribution is 2.16. The summed E-state index contributed by atoms with van der Waals surface area (Å²) < 4.78 is 4.89. The molecule has 20 heavy (non-hydrogen) atoms. The van der Waals surface area contributed by atoms with Gasteiger partial charge in [0.25, 0.3) is 0 Å². The zero-order valence-corrected chi connectivity index (χ0v) is 11.2. The van der Waals surface area contributed by atoms with Gasteiger partial charge in [0.1, 0.15) is 6.29 Å². The maximum absolute atomic E-state index is 11.6. The van der Waals surface area contributed by atoms with Gasteiger partial charge in [0.05, 0.1) is 12.2 Å². The summed E-state index contributed by atoms with van der Waals surface area (Å²) in [7, 11) is 0. The first-order valence-corrected chi connectivity index (χ1v) is 6.23. The Balaban J connectivity index is 3.09. The SMILES string of the molecule is CCOC(=O)c1ccc(CCC=O)c(/C=C/C(=O)O)c1. The van der Waals surface area contributed by atoms with Gasteiger partial charge in [-0.3, -0.25) is 0 Å². The van der Waals surface area contributed by atoms with Crippen LogP contribution in [-0.4, -0.2) is 29.9 Å². The predicted molar refractivity (Wildman–Crippen MR) is 73.5 cm³/mol. The number of carbonyl (C=O) groups excluding carboxylic acids is 2. The average molecular weight is 276 g/mol. The lowest BCUT2D eigenvalue weighted by Crippen LogP contribution is -2.05. The largest absolute Gasteiger partial charge is 0.478 e. The molecule has 0 aliphatic carbocycles. The number of aldehydes is 1. The molecule has 0 saturated carbocycles. The van der Waals surface area contributed by atoms with Crippen LogP contribution in [0.5, 0.6) is 0 Å². The number of carboxylic acid groups (broad SMARTS) is 1. The molecule has 0 atom stereocenters. The van der Waals surface area contributed by atoms with Crippen LogP contribution in [0.15, 0.2) is 24.3 Å². The number of rotatable bonds is 7. The minimum atomic E-state index is -1.08. The Labute approximate surface area is 116 Å². The molecule has 0 aliphatic heterocycles.